The Hall–Kier alpha value is -1.21. The molecule has 0 heterocycles. The predicted octanol–water partition coefficient (Wildman–Crippen LogP) is 6.85. The predicted molar refractivity (Wildman–Crippen MR) is 104 cm³/mol. The van der Waals surface area contributed by atoms with Gasteiger partial charge in [-0.2, -0.15) is 0 Å². The molecule has 0 radical (unpaired) electrons. The SMILES string of the molecule is Cc1cccc(Sc2cccc(C)c2CC(C)C)c1CC(C)C. The summed E-state index contributed by atoms with van der Waals surface area (Å²) in [7, 11) is 0. The molecule has 0 spiro atoms. The summed E-state index contributed by atoms with van der Waals surface area (Å²) < 4.78 is 0. The van der Waals surface area contributed by atoms with Crippen LogP contribution in [0.25, 0.3) is 0 Å². The van der Waals surface area contributed by atoms with Crippen LogP contribution < -0.4 is 0 Å². The largest absolute Gasteiger partial charge is 0.0895 e. The Balaban J connectivity index is 2.40. The Morgan fingerprint density at radius 3 is 1.43 bits per heavy atom. The van der Waals surface area contributed by atoms with Crippen LogP contribution in [0.2, 0.25) is 0 Å². The van der Waals surface area contributed by atoms with Gasteiger partial charge in [-0.1, -0.05) is 63.7 Å². The van der Waals surface area contributed by atoms with Gasteiger partial charge in [0.05, 0.1) is 0 Å². The topological polar surface area (TPSA) is 0 Å². The summed E-state index contributed by atoms with van der Waals surface area (Å²) in [5, 5.41) is 0. The molecule has 0 saturated carbocycles. The first kappa shape index (κ1) is 18.1. The molecule has 2 aromatic carbocycles. The number of hydrogen-bond donors (Lipinski definition) is 0. The van der Waals surface area contributed by atoms with E-state index in [1.54, 1.807) is 0 Å². The Morgan fingerprint density at radius 2 is 1.09 bits per heavy atom. The maximum Gasteiger partial charge on any atom is 0.0157 e. The zero-order valence-corrected chi connectivity index (χ0v) is 16.3. The fraction of sp³-hybridized carbons (Fsp3) is 0.455. The lowest BCUT2D eigenvalue weighted by Crippen LogP contribution is -2.01. The molecular weight excluding hydrogens is 296 g/mol. The van der Waals surface area contributed by atoms with Crippen LogP contribution in [0.1, 0.15) is 49.9 Å². The average molecular weight is 327 g/mol. The monoisotopic (exact) mass is 326 g/mol. The lowest BCUT2D eigenvalue weighted by molar-refractivity contribution is 0.636. The van der Waals surface area contributed by atoms with Crippen LogP contribution in [0.15, 0.2) is 46.2 Å². The van der Waals surface area contributed by atoms with Gasteiger partial charge < -0.3 is 0 Å². The third-order valence-electron chi connectivity index (χ3n) is 4.18. The molecule has 1 heteroatoms. The van der Waals surface area contributed by atoms with Crippen molar-refractivity contribution in [3.05, 3.63) is 58.7 Å². The molecule has 0 aromatic heterocycles. The molecule has 0 aliphatic heterocycles. The van der Waals surface area contributed by atoms with E-state index in [2.05, 4.69) is 77.9 Å². The van der Waals surface area contributed by atoms with Crippen LogP contribution in [-0.4, -0.2) is 0 Å². The standard InChI is InChI=1S/C22H30S/c1-15(2)13-19-17(5)9-7-11-21(19)23-22-12-8-10-18(6)20(22)14-16(3)4/h7-12,15-16H,13-14H2,1-6H3. The van der Waals surface area contributed by atoms with E-state index in [0.717, 1.165) is 12.8 Å². The van der Waals surface area contributed by atoms with Gasteiger partial charge in [-0.15, -0.1) is 0 Å². The summed E-state index contributed by atoms with van der Waals surface area (Å²) in [6, 6.07) is 13.5. The van der Waals surface area contributed by atoms with Gasteiger partial charge in [0, 0.05) is 9.79 Å². The van der Waals surface area contributed by atoms with Gasteiger partial charge in [0.1, 0.15) is 0 Å². The summed E-state index contributed by atoms with van der Waals surface area (Å²) >= 11 is 1.95. The van der Waals surface area contributed by atoms with E-state index >= 15 is 0 Å². The van der Waals surface area contributed by atoms with E-state index < -0.39 is 0 Å². The maximum absolute atomic E-state index is 2.30. The highest BCUT2D eigenvalue weighted by molar-refractivity contribution is 7.99. The first-order chi connectivity index (χ1) is 10.9. The molecule has 0 N–H and O–H groups in total. The smallest absolute Gasteiger partial charge is 0.0157 e. The molecule has 0 atom stereocenters. The second-order valence-electron chi connectivity index (χ2n) is 7.40. The molecule has 0 nitrogen and oxygen atoms in total. The first-order valence-electron chi connectivity index (χ1n) is 8.73. The number of aryl methyl sites for hydroxylation is 2. The molecule has 2 aromatic rings. The lowest BCUT2D eigenvalue weighted by atomic mass is 9.98. The van der Waals surface area contributed by atoms with E-state index in [-0.39, 0.29) is 0 Å². The van der Waals surface area contributed by atoms with Gasteiger partial charge in [0.2, 0.25) is 0 Å². The van der Waals surface area contributed by atoms with Gasteiger partial charge in [-0.05, 0) is 72.9 Å². The Bertz CT molecular complexity index is 596. The highest BCUT2D eigenvalue weighted by atomic mass is 32.2. The van der Waals surface area contributed by atoms with Gasteiger partial charge in [0.25, 0.3) is 0 Å². The van der Waals surface area contributed by atoms with Crippen molar-refractivity contribution in [3.8, 4) is 0 Å². The molecule has 0 bridgehead atoms. The molecule has 124 valence electrons. The Labute approximate surface area is 146 Å². The van der Waals surface area contributed by atoms with Gasteiger partial charge in [-0.25, -0.2) is 0 Å². The quantitative estimate of drug-likeness (QED) is 0.559. The van der Waals surface area contributed by atoms with E-state index in [1.807, 2.05) is 11.8 Å². The molecular formula is C22H30S. The van der Waals surface area contributed by atoms with Crippen molar-refractivity contribution in [1.82, 2.24) is 0 Å². The molecule has 23 heavy (non-hydrogen) atoms. The number of hydrogen-bond acceptors (Lipinski definition) is 1. The van der Waals surface area contributed by atoms with E-state index in [1.165, 1.54) is 32.0 Å². The van der Waals surface area contributed by atoms with Crippen molar-refractivity contribution < 1.29 is 0 Å². The first-order valence-corrected chi connectivity index (χ1v) is 9.55. The zero-order valence-electron chi connectivity index (χ0n) is 15.4. The van der Waals surface area contributed by atoms with E-state index in [0.29, 0.717) is 11.8 Å². The van der Waals surface area contributed by atoms with Crippen LogP contribution in [0, 0.1) is 25.7 Å². The maximum atomic E-state index is 2.30. The van der Waals surface area contributed by atoms with Gasteiger partial charge in [-0.3, -0.25) is 0 Å². The Morgan fingerprint density at radius 1 is 0.696 bits per heavy atom. The summed E-state index contributed by atoms with van der Waals surface area (Å²) in [6.07, 6.45) is 2.31. The van der Waals surface area contributed by atoms with Crippen LogP contribution in [0.4, 0.5) is 0 Å². The lowest BCUT2D eigenvalue weighted by Gasteiger charge is -2.18. The number of benzene rings is 2. The van der Waals surface area contributed by atoms with Crippen molar-refractivity contribution in [1.29, 1.82) is 0 Å². The van der Waals surface area contributed by atoms with Crippen molar-refractivity contribution >= 4 is 11.8 Å². The third kappa shape index (κ3) is 4.88. The normalized spacial score (nSPS) is 11.5. The molecule has 0 unspecified atom stereocenters. The minimum atomic E-state index is 0.683. The van der Waals surface area contributed by atoms with E-state index in [4.69, 9.17) is 0 Å². The molecule has 0 aliphatic carbocycles. The highest BCUT2D eigenvalue weighted by Gasteiger charge is 2.13. The summed E-state index contributed by atoms with van der Waals surface area (Å²) in [5.41, 5.74) is 5.87. The van der Waals surface area contributed by atoms with Crippen LogP contribution in [0.5, 0.6) is 0 Å². The molecule has 0 saturated heterocycles. The second-order valence-corrected chi connectivity index (χ2v) is 8.48. The van der Waals surface area contributed by atoms with Crippen molar-refractivity contribution in [2.24, 2.45) is 11.8 Å². The van der Waals surface area contributed by atoms with Crippen LogP contribution in [0.3, 0.4) is 0 Å². The fourth-order valence-electron chi connectivity index (χ4n) is 3.00. The Kier molecular flexibility index (Phi) is 6.35. The highest BCUT2D eigenvalue weighted by Crippen LogP contribution is 2.36. The minimum Gasteiger partial charge on any atom is -0.0895 e. The van der Waals surface area contributed by atoms with Crippen LogP contribution in [-0.2, 0) is 12.8 Å². The fourth-order valence-corrected chi connectivity index (χ4v) is 4.27. The summed E-state index contributed by atoms with van der Waals surface area (Å²) in [5.74, 6) is 1.37. The second kappa shape index (κ2) is 8.06. The zero-order chi connectivity index (χ0) is 17.0. The molecule has 0 fully saturated rings. The van der Waals surface area contributed by atoms with Crippen molar-refractivity contribution in [3.63, 3.8) is 0 Å². The molecule has 2 rings (SSSR count). The third-order valence-corrected chi connectivity index (χ3v) is 5.38. The van der Waals surface area contributed by atoms with Gasteiger partial charge in [0.15, 0.2) is 0 Å². The van der Waals surface area contributed by atoms with Crippen molar-refractivity contribution in [2.45, 2.75) is 64.2 Å². The summed E-state index contributed by atoms with van der Waals surface area (Å²) in [4.78, 5) is 2.85. The van der Waals surface area contributed by atoms with E-state index in [9.17, 15) is 0 Å². The average Bonchev–Trinajstić information content (AvgIpc) is 2.45. The van der Waals surface area contributed by atoms with Crippen molar-refractivity contribution in [2.75, 3.05) is 0 Å². The summed E-state index contributed by atoms with van der Waals surface area (Å²) in [6.45, 7) is 13.7. The van der Waals surface area contributed by atoms with Gasteiger partial charge >= 0.3 is 0 Å². The minimum absolute atomic E-state index is 0.683. The van der Waals surface area contributed by atoms with Crippen LogP contribution >= 0.6 is 11.8 Å². The number of rotatable bonds is 6. The molecule has 0 aliphatic rings. The molecule has 0 amide bonds.